The van der Waals surface area contributed by atoms with Crippen LogP contribution in [0, 0.1) is 16.7 Å². The summed E-state index contributed by atoms with van der Waals surface area (Å²) in [5.74, 6) is 0. The van der Waals surface area contributed by atoms with Crippen molar-refractivity contribution in [1.82, 2.24) is 0 Å². The van der Waals surface area contributed by atoms with E-state index < -0.39 is 0 Å². The molecule has 0 amide bonds. The van der Waals surface area contributed by atoms with Crippen LogP contribution in [0.25, 0.3) is 31.7 Å². The van der Waals surface area contributed by atoms with Gasteiger partial charge >= 0.3 is 0 Å². The van der Waals surface area contributed by atoms with E-state index in [0.717, 1.165) is 25.1 Å². The maximum atomic E-state index is 9.52. The van der Waals surface area contributed by atoms with Crippen molar-refractivity contribution in [1.29, 1.82) is 10.7 Å². The molecule has 0 saturated carbocycles. The summed E-state index contributed by atoms with van der Waals surface area (Å²) in [4.78, 5) is 8.52. The van der Waals surface area contributed by atoms with Crippen molar-refractivity contribution >= 4 is 75.9 Å². The molecule has 0 saturated heterocycles. The van der Waals surface area contributed by atoms with Gasteiger partial charge in [-0.15, -0.1) is 34.0 Å². The average molecular weight is 579 g/mol. The van der Waals surface area contributed by atoms with Crippen molar-refractivity contribution in [3.05, 3.63) is 103 Å². The molecule has 3 aromatic heterocycles. The lowest BCUT2D eigenvalue weighted by Crippen LogP contribution is -1.83. The molecule has 3 heterocycles. The topological polar surface area (TPSA) is 47.6 Å². The number of nitrogens with one attached hydrogen (secondary N) is 1. The number of thioether (sulfide) groups is 2. The normalized spacial score (nSPS) is 11.9. The van der Waals surface area contributed by atoms with Crippen LogP contribution < -0.4 is 0 Å². The predicted molar refractivity (Wildman–Crippen MR) is 176 cm³/mol. The van der Waals surface area contributed by atoms with E-state index in [1.165, 1.54) is 49.2 Å². The van der Waals surface area contributed by atoms with Crippen LogP contribution in [-0.2, 0) is 0 Å². The summed E-state index contributed by atoms with van der Waals surface area (Å²) < 4.78 is 0. The van der Waals surface area contributed by atoms with E-state index in [-0.39, 0.29) is 0 Å². The van der Waals surface area contributed by atoms with Gasteiger partial charge in [0.2, 0.25) is 0 Å². The molecular weight excluding hydrogens is 549 g/mol. The van der Waals surface area contributed by atoms with Crippen LogP contribution in [-0.4, -0.2) is 6.21 Å². The van der Waals surface area contributed by atoms with Crippen molar-refractivity contribution < 1.29 is 0 Å². The molecule has 190 valence electrons. The molecule has 0 unspecified atom stereocenters. The van der Waals surface area contributed by atoms with Crippen molar-refractivity contribution in [2.24, 2.45) is 0 Å². The van der Waals surface area contributed by atoms with Crippen LogP contribution in [0.5, 0.6) is 0 Å². The molecule has 0 radical (unpaired) electrons. The SMILES string of the molecule is C=C(S/C=C\C)/C(C#N)=C/c1ccc(-c2ccc(-c3ccc(/C=C(\C=N)C(=C)S/C=C\C)s3)s2)s1.CC. The highest BCUT2D eigenvalue weighted by molar-refractivity contribution is 8.06. The van der Waals surface area contributed by atoms with Crippen LogP contribution in [0.15, 0.2) is 93.5 Å². The largest absolute Gasteiger partial charge is 0.308 e. The zero-order chi connectivity index (χ0) is 27.2. The number of hydrogen-bond acceptors (Lipinski definition) is 7. The van der Waals surface area contributed by atoms with Crippen molar-refractivity contribution in [2.75, 3.05) is 0 Å². The Morgan fingerprint density at radius 2 is 1.24 bits per heavy atom. The van der Waals surface area contributed by atoms with Gasteiger partial charge in [-0.05, 0) is 73.2 Å². The lowest BCUT2D eigenvalue weighted by molar-refractivity contribution is 1.50. The lowest BCUT2D eigenvalue weighted by Gasteiger charge is -2.01. The van der Waals surface area contributed by atoms with Crippen molar-refractivity contribution in [2.45, 2.75) is 27.7 Å². The molecule has 2 nitrogen and oxygen atoms in total. The molecule has 0 fully saturated rings. The van der Waals surface area contributed by atoms with Gasteiger partial charge in [-0.3, -0.25) is 0 Å². The number of thiophene rings is 3. The first-order chi connectivity index (χ1) is 18.0. The van der Waals surface area contributed by atoms with Gasteiger partial charge in [0.05, 0.1) is 5.57 Å². The number of hydrogen-bond donors (Lipinski definition) is 1. The predicted octanol–water partition coefficient (Wildman–Crippen LogP) is 11.7. The van der Waals surface area contributed by atoms with E-state index in [1.54, 1.807) is 34.0 Å². The van der Waals surface area contributed by atoms with Gasteiger partial charge < -0.3 is 5.41 Å². The molecular formula is C30H30N2S5. The monoisotopic (exact) mass is 578 g/mol. The summed E-state index contributed by atoms with van der Waals surface area (Å²) in [5, 5.41) is 21.2. The van der Waals surface area contributed by atoms with E-state index in [4.69, 9.17) is 5.41 Å². The van der Waals surface area contributed by atoms with Crippen LogP contribution in [0.2, 0.25) is 0 Å². The number of rotatable bonds is 11. The summed E-state index contributed by atoms with van der Waals surface area (Å²) in [6.07, 6.45) is 9.18. The third-order valence-corrected chi connectivity index (χ3v) is 9.90. The summed E-state index contributed by atoms with van der Waals surface area (Å²) in [6, 6.07) is 14.9. The smallest absolute Gasteiger partial charge is 0.100 e. The van der Waals surface area contributed by atoms with Crippen LogP contribution >= 0.6 is 57.5 Å². The first-order valence-electron chi connectivity index (χ1n) is 11.6. The Balaban J connectivity index is 0.00000235. The highest BCUT2D eigenvalue weighted by atomic mass is 32.2. The summed E-state index contributed by atoms with van der Waals surface area (Å²) in [6.45, 7) is 16.0. The van der Waals surface area contributed by atoms with E-state index in [9.17, 15) is 5.26 Å². The maximum absolute atomic E-state index is 9.52. The second-order valence-electron chi connectivity index (χ2n) is 7.00. The fraction of sp³-hybridized carbons (Fsp3) is 0.133. The fourth-order valence-corrected chi connectivity index (χ4v) is 7.02. The van der Waals surface area contributed by atoms with Gasteiger partial charge in [-0.1, -0.05) is 62.7 Å². The lowest BCUT2D eigenvalue weighted by atomic mass is 10.2. The number of allylic oxidation sites excluding steroid dienone is 4. The molecule has 37 heavy (non-hydrogen) atoms. The highest BCUT2D eigenvalue weighted by Crippen LogP contribution is 2.41. The van der Waals surface area contributed by atoms with Gasteiger partial charge in [0, 0.05) is 50.9 Å². The molecule has 0 aliphatic heterocycles. The summed E-state index contributed by atoms with van der Waals surface area (Å²) in [7, 11) is 0. The van der Waals surface area contributed by atoms with Crippen LogP contribution in [0.4, 0.5) is 0 Å². The van der Waals surface area contributed by atoms with Gasteiger partial charge in [-0.2, -0.15) is 5.26 Å². The van der Waals surface area contributed by atoms with Crippen molar-refractivity contribution in [3.8, 4) is 25.6 Å². The van der Waals surface area contributed by atoms with Gasteiger partial charge in [0.15, 0.2) is 0 Å². The van der Waals surface area contributed by atoms with Crippen LogP contribution in [0.3, 0.4) is 0 Å². The summed E-state index contributed by atoms with van der Waals surface area (Å²) >= 11 is 8.13. The molecule has 7 heteroatoms. The van der Waals surface area contributed by atoms with E-state index >= 15 is 0 Å². The maximum Gasteiger partial charge on any atom is 0.100 e. The van der Waals surface area contributed by atoms with Gasteiger partial charge in [-0.25, -0.2) is 0 Å². The van der Waals surface area contributed by atoms with Gasteiger partial charge in [0.25, 0.3) is 0 Å². The Labute approximate surface area is 241 Å². The molecule has 1 N–H and O–H groups in total. The molecule has 3 rings (SSSR count). The zero-order valence-corrected chi connectivity index (χ0v) is 25.5. The first kappa shape index (κ1) is 30.6. The quantitative estimate of drug-likeness (QED) is 0.140. The number of nitrogens with zero attached hydrogens (tertiary/aromatic N) is 1. The van der Waals surface area contributed by atoms with Gasteiger partial charge in [0.1, 0.15) is 6.07 Å². The minimum Gasteiger partial charge on any atom is -0.308 e. The number of nitriles is 1. The highest BCUT2D eigenvalue weighted by Gasteiger charge is 2.11. The minimum atomic E-state index is 0.587. The molecule has 0 aliphatic carbocycles. The molecule has 0 atom stereocenters. The van der Waals surface area contributed by atoms with Crippen molar-refractivity contribution in [3.63, 3.8) is 0 Å². The Bertz CT molecular complexity index is 1380. The third-order valence-electron chi connectivity index (χ3n) is 4.52. The molecule has 0 bridgehead atoms. The zero-order valence-electron chi connectivity index (χ0n) is 21.4. The summed E-state index contributed by atoms with van der Waals surface area (Å²) in [5.41, 5.74) is 1.40. The Morgan fingerprint density at radius 3 is 1.73 bits per heavy atom. The average Bonchev–Trinajstić information content (AvgIpc) is 3.69. The molecule has 3 aromatic rings. The Morgan fingerprint density at radius 1 is 0.784 bits per heavy atom. The third kappa shape index (κ3) is 9.03. The van der Waals surface area contributed by atoms with Crippen LogP contribution in [0.1, 0.15) is 37.4 Å². The minimum absolute atomic E-state index is 0.587. The second-order valence-corrected chi connectivity index (χ2v) is 12.3. The fourth-order valence-electron chi connectivity index (χ4n) is 2.83. The Hall–Kier alpha value is -2.60. The molecule has 0 aliphatic rings. The van der Waals surface area contributed by atoms with E-state index in [0.29, 0.717) is 5.57 Å². The van der Waals surface area contributed by atoms with E-state index in [1.807, 2.05) is 62.8 Å². The Kier molecular flexibility index (Phi) is 13.5. The molecule has 0 spiro atoms. The standard InChI is InChI=1S/C28H24N2S5.C2H6/c1-5-13-31-19(3)21(17-29)15-23-7-9-25(33-23)27-11-12-28(35-27)26-10-8-24(34-26)16-22(18-30)20(4)32-14-6-2;1-2/h5-17,29H,3-4H2,1-2H3;1-2H3/b13-5-,14-6-,21-15+,22-16+,29-17?;. The first-order valence-corrected chi connectivity index (χ1v) is 15.8. The molecule has 0 aromatic carbocycles. The second kappa shape index (κ2) is 16.3. The van der Waals surface area contributed by atoms with E-state index in [2.05, 4.69) is 55.6 Å².